The number of aliphatic hydroxyl groups excluding tert-OH is 3. The number of rotatable bonds is 26. The van der Waals surface area contributed by atoms with Crippen LogP contribution < -0.4 is 16.4 Å². The van der Waals surface area contributed by atoms with Crippen molar-refractivity contribution in [3.05, 3.63) is 179 Å². The first-order valence-electron chi connectivity index (χ1n) is 31.5. The molecule has 0 spiro atoms. The standard InChI is InChI=1S/C15H20O5.C11H13NO3.C10H15NO2.C10H12O2.C7H8O.C5H9NO2.C5H6O2.C3Cl6O3.C3H5ClO.3CH4.HI/c16-13(8-9-15(18)19)6-7-14(17)11-20-10-12-4-2-1-3-5-12;13-11-12-6-10(15-11)8-14-7-9-4-2-1-3-5-9;11-6-10(12)8-13-7-9-4-2-1-3-5-9;1-2-4-9(5-3-1)6-11-7-10-8-12-10;8-6-7-4-2-1-3-5-7;1-2-4-3-6-5(7)8-4;6-4-1-2-5(7)3-4;4-2(5,6)11-1(10)12-3(7,8)9;4-1-3-2-5-3;;;;/h1-5,14,17H,6-11H2,(H,18,19);1-5,10H,6-8H2,(H,12,13);1-5,10,12H,6-8,11H2;1-5,10H,6-8H2;1-5,8H,6H2;4H,2-3H2,1H3,(H,6,7);1-3H2;;3H,1-2H2;3*1H4;1H. The quantitative estimate of drug-likeness (QED) is 0.00675. The van der Waals surface area contributed by atoms with Crippen molar-refractivity contribution in [2.45, 2.75) is 158 Å². The predicted molar refractivity (Wildman–Crippen MR) is 414 cm³/mol. The first-order chi connectivity index (χ1) is 47.8. The molecular formula is C72H101Cl7IN3O21. The highest BCUT2D eigenvalue weighted by atomic mass is 127. The molecule has 4 saturated heterocycles. The van der Waals surface area contributed by atoms with Gasteiger partial charge >= 0.3 is 32.3 Å². The number of halogens is 8. The van der Waals surface area contributed by atoms with E-state index in [1.54, 1.807) is 0 Å². The number of nitrogens with two attached hydrogens (primary N) is 1. The minimum atomic E-state index is -2.24. The second-order valence-corrected chi connectivity index (χ2v) is 26.2. The molecule has 0 radical (unpaired) electrons. The summed E-state index contributed by atoms with van der Waals surface area (Å²) >= 11 is 35.5. The van der Waals surface area contributed by atoms with Crippen molar-refractivity contribution in [2.24, 2.45) is 5.73 Å². The lowest BCUT2D eigenvalue weighted by molar-refractivity contribution is -0.138. The van der Waals surface area contributed by atoms with Crippen molar-refractivity contribution in [1.29, 1.82) is 0 Å². The summed E-state index contributed by atoms with van der Waals surface area (Å²) < 4.78 is 44.4. The first kappa shape index (κ1) is 103. The van der Waals surface area contributed by atoms with Gasteiger partial charge in [0, 0.05) is 32.2 Å². The smallest absolute Gasteiger partial charge is 0.481 e. The monoisotopic (exact) mass is 1720 g/mol. The fraction of sp³-hybridized carbons (Fsp3) is 0.486. The molecule has 24 nitrogen and oxygen atoms in total. The summed E-state index contributed by atoms with van der Waals surface area (Å²) in [7, 11) is 0. The predicted octanol–water partition coefficient (Wildman–Crippen LogP) is 14.2. The number of hydrogen-bond donors (Lipinski definition) is 7. The molecule has 104 heavy (non-hydrogen) atoms. The largest absolute Gasteiger partial charge is 0.515 e. The van der Waals surface area contributed by atoms with Crippen LogP contribution >= 0.6 is 105 Å². The lowest BCUT2D eigenvalue weighted by Crippen LogP contribution is -2.24. The van der Waals surface area contributed by atoms with Crippen LogP contribution in [0.2, 0.25) is 0 Å². The SMILES string of the molecule is C.C.C.CCC1CNC(=O)O1.ClCC1CO1.I.NCC(O)COCc1ccccc1.O=C(O)CCC(=O)CCC(O)COCc1ccccc1.O=C(OC(Cl)(Cl)Cl)OC(Cl)(Cl)Cl.O=C1CCC(=O)C1.O=C1NCC(COCc2ccccc2)O1.OCc1ccccc1.c1ccc(COCC2CO2)cc1. The van der Waals surface area contributed by atoms with E-state index in [0.717, 1.165) is 48.5 Å². The Morgan fingerprint density at radius 1 is 0.538 bits per heavy atom. The fourth-order valence-electron chi connectivity index (χ4n) is 7.36. The maximum absolute atomic E-state index is 11.3. The molecule has 6 unspecified atom stereocenters. The Kier molecular flexibility index (Phi) is 62.1. The summed E-state index contributed by atoms with van der Waals surface area (Å²) in [5, 5.41) is 40.9. The minimum absolute atomic E-state index is 0. The van der Waals surface area contributed by atoms with Crippen LogP contribution in [-0.4, -0.2) is 172 Å². The molecule has 1 aliphatic carbocycles. The number of carboxylic acid groups (broad SMARTS) is 1. The van der Waals surface area contributed by atoms with Crippen LogP contribution in [0, 0.1) is 0 Å². The topological polar surface area (TPSA) is 349 Å². The summed E-state index contributed by atoms with van der Waals surface area (Å²) in [6.07, 6.45) is -0.153. The third-order valence-corrected chi connectivity index (χ3v) is 13.6. The van der Waals surface area contributed by atoms with E-state index in [2.05, 4.69) is 32.2 Å². The van der Waals surface area contributed by atoms with E-state index in [1.165, 1.54) is 5.56 Å². The molecular weight excluding hydrogens is 1620 g/mol. The van der Waals surface area contributed by atoms with Crippen molar-refractivity contribution in [3.63, 3.8) is 0 Å². The molecule has 1 saturated carbocycles. The fourth-order valence-corrected chi connectivity index (χ4v) is 7.92. The molecule has 586 valence electrons. The second kappa shape index (κ2) is 62.8. The summed E-state index contributed by atoms with van der Waals surface area (Å²) in [5.41, 5.74) is 10.7. The Bertz CT molecular complexity index is 2980. The lowest BCUT2D eigenvalue weighted by Gasteiger charge is -2.15. The number of aliphatic carboxylic acids is 1. The third kappa shape index (κ3) is 61.9. The average molecular weight is 1720 g/mol. The Morgan fingerprint density at radius 2 is 0.894 bits per heavy atom. The number of Topliss-reactive ketones (excluding diaryl/α,β-unsaturated/α-hetero) is 3. The molecule has 6 atom stereocenters. The van der Waals surface area contributed by atoms with Gasteiger partial charge in [-0.15, -0.1) is 35.6 Å². The maximum atomic E-state index is 11.3. The Labute approximate surface area is 662 Å². The maximum Gasteiger partial charge on any atom is 0.515 e. The van der Waals surface area contributed by atoms with E-state index in [-0.39, 0.29) is 133 Å². The van der Waals surface area contributed by atoms with Crippen LogP contribution in [0.15, 0.2) is 152 Å². The lowest BCUT2D eigenvalue weighted by atomic mass is 10.1. The number of ether oxygens (including phenoxy) is 10. The van der Waals surface area contributed by atoms with E-state index in [4.69, 9.17) is 140 Å². The number of carbonyl (C=O) groups is 7. The number of nitrogens with one attached hydrogen (secondary N) is 2. The van der Waals surface area contributed by atoms with Gasteiger partial charge in [0.1, 0.15) is 35.7 Å². The summed E-state index contributed by atoms with van der Waals surface area (Å²) in [5.74, 6) is -0.255. The molecule has 0 aromatic heterocycles. The van der Waals surface area contributed by atoms with Crippen LogP contribution in [0.25, 0.3) is 0 Å². The Hall–Kier alpha value is -5.25. The first-order valence-corrected chi connectivity index (χ1v) is 34.3. The van der Waals surface area contributed by atoms with Crippen molar-refractivity contribution in [3.8, 4) is 0 Å². The number of alkyl carbamates (subject to hydrolysis) is 2. The van der Waals surface area contributed by atoms with Gasteiger partial charge in [-0.3, -0.25) is 19.2 Å². The number of carboxylic acids is 1. The van der Waals surface area contributed by atoms with Gasteiger partial charge in [-0.2, -0.15) is 0 Å². The van der Waals surface area contributed by atoms with Crippen LogP contribution in [-0.2, 0) is 99.6 Å². The van der Waals surface area contributed by atoms with E-state index >= 15 is 0 Å². The van der Waals surface area contributed by atoms with E-state index in [0.29, 0.717) is 90.1 Å². The van der Waals surface area contributed by atoms with Gasteiger partial charge in [0.05, 0.1) is 123 Å². The zero-order valence-corrected chi connectivity index (χ0v) is 63.1. The van der Waals surface area contributed by atoms with Crippen LogP contribution in [0.1, 0.15) is 108 Å². The number of carbonyl (C=O) groups excluding carboxylic acids is 6. The number of benzene rings is 5. The number of amides is 2. The molecule has 5 aromatic carbocycles. The van der Waals surface area contributed by atoms with Crippen molar-refractivity contribution in [2.75, 3.05) is 65.2 Å². The summed E-state index contributed by atoms with van der Waals surface area (Å²) in [6, 6.07) is 49.0. The zero-order valence-electron chi connectivity index (χ0n) is 55.5. The van der Waals surface area contributed by atoms with Crippen LogP contribution in [0.3, 0.4) is 0 Å². The van der Waals surface area contributed by atoms with E-state index in [9.17, 15) is 38.7 Å². The highest BCUT2D eigenvalue weighted by molar-refractivity contribution is 14.0. The van der Waals surface area contributed by atoms with Gasteiger partial charge in [0.2, 0.25) is 0 Å². The van der Waals surface area contributed by atoms with Crippen LogP contribution in [0.5, 0.6) is 0 Å². The minimum Gasteiger partial charge on any atom is -0.481 e. The van der Waals surface area contributed by atoms with Gasteiger partial charge in [-0.25, -0.2) is 14.4 Å². The van der Waals surface area contributed by atoms with Crippen molar-refractivity contribution < 1.29 is 101 Å². The Morgan fingerprint density at radius 3 is 1.16 bits per heavy atom. The molecule has 32 heteroatoms. The highest BCUT2D eigenvalue weighted by Gasteiger charge is 2.33. The van der Waals surface area contributed by atoms with Gasteiger partial charge in [-0.05, 0) is 110 Å². The highest BCUT2D eigenvalue weighted by Crippen LogP contribution is 2.32. The van der Waals surface area contributed by atoms with Crippen LogP contribution in [0.4, 0.5) is 14.4 Å². The zero-order chi connectivity index (χ0) is 73.8. The van der Waals surface area contributed by atoms with E-state index in [1.807, 2.05) is 146 Å². The van der Waals surface area contributed by atoms with Crippen molar-refractivity contribution in [1.82, 2.24) is 10.6 Å². The normalized spacial score (nSPS) is 16.5. The average Bonchev–Trinajstić information content (AvgIpc) is 1.05. The number of alkyl halides is 7. The number of cyclic esters (lactones) is 2. The van der Waals surface area contributed by atoms with Gasteiger partial charge < -0.3 is 84.2 Å². The molecule has 5 aliphatic rings. The molecule has 2 amide bonds. The summed E-state index contributed by atoms with van der Waals surface area (Å²) in [6.45, 7) is 9.16. The molecule has 8 N–H and O–H groups in total. The number of epoxide rings is 2. The van der Waals surface area contributed by atoms with Gasteiger partial charge in [0.15, 0.2) is 0 Å². The molecule has 0 bridgehead atoms. The molecule has 10 rings (SSSR count). The molecule has 4 aliphatic heterocycles. The number of ketones is 3. The number of hydrogen-bond acceptors (Lipinski definition) is 21. The van der Waals surface area contributed by atoms with Gasteiger partial charge in [-0.1, -0.05) is 181 Å². The summed E-state index contributed by atoms with van der Waals surface area (Å²) in [4.78, 5) is 73.6. The molecule has 5 fully saturated rings. The molecule has 5 aromatic rings. The van der Waals surface area contributed by atoms with Crippen molar-refractivity contribution >= 4 is 147 Å². The third-order valence-electron chi connectivity index (χ3n) is 12.7. The Balaban J connectivity index is -0.00000112. The molecule has 4 heterocycles. The second-order valence-electron chi connectivity index (χ2n) is 21.6. The van der Waals surface area contributed by atoms with Gasteiger partial charge in [0.25, 0.3) is 0 Å². The number of aliphatic hydroxyl groups is 3. The van der Waals surface area contributed by atoms with E-state index < -0.39 is 32.3 Å².